The van der Waals surface area contributed by atoms with E-state index in [-0.39, 0.29) is 17.2 Å². The smallest absolute Gasteiger partial charge is 0.171 e. The molecule has 1 aromatic carbocycles. The van der Waals surface area contributed by atoms with Gasteiger partial charge in [-0.05, 0) is 29.8 Å². The van der Waals surface area contributed by atoms with Gasteiger partial charge in [-0.15, -0.1) is 0 Å². The van der Waals surface area contributed by atoms with Crippen LogP contribution in [0.4, 0.5) is 4.39 Å². The van der Waals surface area contributed by atoms with Gasteiger partial charge in [0.25, 0.3) is 0 Å². The maximum atomic E-state index is 13.1. The summed E-state index contributed by atoms with van der Waals surface area (Å²) < 4.78 is 14.7. The van der Waals surface area contributed by atoms with Gasteiger partial charge in [-0.25, -0.2) is 8.91 Å². The Bertz CT molecular complexity index is 797. The highest BCUT2D eigenvalue weighted by Gasteiger charge is 2.13. The average molecular weight is 289 g/mol. The fourth-order valence-corrected chi connectivity index (χ4v) is 2.28. The molecular weight excluding hydrogens is 279 g/mol. The number of nitrogens with zero attached hydrogens (tertiary/aromatic N) is 2. The number of carbonyl (C=O) groups excluding carboxylic acids is 1. The second kappa shape index (κ2) is 5.06. The van der Waals surface area contributed by atoms with Crippen LogP contribution in [0.25, 0.3) is 5.52 Å². The van der Waals surface area contributed by atoms with Gasteiger partial charge in [0, 0.05) is 12.6 Å². The molecule has 100 valence electrons. The largest absolute Gasteiger partial charge is 0.294 e. The Hall–Kier alpha value is -2.20. The molecule has 2 heterocycles. The summed E-state index contributed by atoms with van der Waals surface area (Å²) in [5.74, 6) is -0.562. The van der Waals surface area contributed by atoms with Crippen molar-refractivity contribution in [3.05, 3.63) is 70.8 Å². The third-order valence-electron chi connectivity index (χ3n) is 3.08. The van der Waals surface area contributed by atoms with Crippen molar-refractivity contribution < 1.29 is 9.18 Å². The molecular formula is C15H10ClFN2O. The van der Waals surface area contributed by atoms with Crippen LogP contribution in [0.1, 0.15) is 15.9 Å². The van der Waals surface area contributed by atoms with E-state index in [0.29, 0.717) is 11.1 Å². The van der Waals surface area contributed by atoms with Gasteiger partial charge in [0.05, 0.1) is 22.3 Å². The second-order valence-electron chi connectivity index (χ2n) is 4.44. The number of Topliss-reactive ketones (excluding diaryl/α,β-unsaturated/α-hetero) is 1. The fraction of sp³-hybridized carbons (Fsp3) is 0.0667. The van der Waals surface area contributed by atoms with Crippen molar-refractivity contribution >= 4 is 22.9 Å². The van der Waals surface area contributed by atoms with Crippen molar-refractivity contribution in [1.82, 2.24) is 9.61 Å². The van der Waals surface area contributed by atoms with Gasteiger partial charge in [-0.2, -0.15) is 5.10 Å². The zero-order valence-electron chi connectivity index (χ0n) is 10.4. The van der Waals surface area contributed by atoms with Crippen LogP contribution in [0.2, 0.25) is 5.02 Å². The van der Waals surface area contributed by atoms with Gasteiger partial charge in [0.1, 0.15) is 5.82 Å². The summed E-state index contributed by atoms with van der Waals surface area (Å²) in [7, 11) is 0. The molecule has 3 nitrogen and oxygen atoms in total. The number of pyridine rings is 1. The summed E-state index contributed by atoms with van der Waals surface area (Å²) in [6, 6.07) is 9.82. The molecule has 0 N–H and O–H groups in total. The highest BCUT2D eigenvalue weighted by molar-refractivity contribution is 6.30. The summed E-state index contributed by atoms with van der Waals surface area (Å²) in [5.41, 5.74) is 1.98. The fourth-order valence-electron chi connectivity index (χ4n) is 2.08. The third-order valence-corrected chi connectivity index (χ3v) is 3.37. The monoisotopic (exact) mass is 288 g/mol. The number of aromatic nitrogens is 2. The minimum Gasteiger partial charge on any atom is -0.294 e. The Kier molecular flexibility index (Phi) is 3.24. The highest BCUT2D eigenvalue weighted by Crippen LogP contribution is 2.18. The van der Waals surface area contributed by atoms with Crippen LogP contribution in [0.5, 0.6) is 0 Å². The molecule has 0 atom stereocenters. The molecule has 0 aliphatic rings. The van der Waals surface area contributed by atoms with Gasteiger partial charge in [-0.3, -0.25) is 4.79 Å². The van der Waals surface area contributed by atoms with Crippen LogP contribution < -0.4 is 0 Å². The lowest BCUT2D eigenvalue weighted by Gasteiger charge is -2.02. The first-order chi connectivity index (χ1) is 9.65. The molecule has 0 fully saturated rings. The van der Waals surface area contributed by atoms with Gasteiger partial charge in [0.15, 0.2) is 5.78 Å². The van der Waals surface area contributed by atoms with E-state index >= 15 is 0 Å². The van der Waals surface area contributed by atoms with Crippen LogP contribution in [0.3, 0.4) is 0 Å². The second-order valence-corrected chi connectivity index (χ2v) is 4.84. The zero-order chi connectivity index (χ0) is 14.1. The number of fused-ring (bicyclic) bond motifs is 1. The van der Waals surface area contributed by atoms with Crippen LogP contribution in [-0.2, 0) is 6.42 Å². The summed E-state index contributed by atoms with van der Waals surface area (Å²) in [4.78, 5) is 12.3. The molecule has 0 unspecified atom stereocenters. The number of rotatable bonds is 3. The van der Waals surface area contributed by atoms with Gasteiger partial charge < -0.3 is 0 Å². The van der Waals surface area contributed by atoms with Gasteiger partial charge >= 0.3 is 0 Å². The van der Waals surface area contributed by atoms with Gasteiger partial charge in [0.2, 0.25) is 0 Å². The topological polar surface area (TPSA) is 34.4 Å². The molecule has 2 aromatic heterocycles. The predicted molar refractivity (Wildman–Crippen MR) is 74.6 cm³/mol. The van der Waals surface area contributed by atoms with Crippen molar-refractivity contribution in [3.8, 4) is 0 Å². The van der Waals surface area contributed by atoms with E-state index in [2.05, 4.69) is 5.10 Å². The molecule has 0 saturated heterocycles. The molecule has 3 rings (SSSR count). The van der Waals surface area contributed by atoms with Crippen molar-refractivity contribution in [1.29, 1.82) is 0 Å². The zero-order valence-corrected chi connectivity index (χ0v) is 11.1. The van der Waals surface area contributed by atoms with E-state index in [1.807, 2.05) is 18.2 Å². The normalized spacial score (nSPS) is 10.9. The van der Waals surface area contributed by atoms with Crippen molar-refractivity contribution in [2.24, 2.45) is 0 Å². The van der Waals surface area contributed by atoms with Gasteiger partial charge in [-0.1, -0.05) is 23.7 Å². The number of halogens is 2. The Morgan fingerprint density at radius 2 is 2.15 bits per heavy atom. The molecule has 0 amide bonds. The molecule has 20 heavy (non-hydrogen) atoms. The molecule has 0 aliphatic heterocycles. The Labute approximate surface area is 119 Å². The molecule has 0 aliphatic carbocycles. The van der Waals surface area contributed by atoms with E-state index in [4.69, 9.17) is 11.6 Å². The minimum atomic E-state index is -0.487. The molecule has 0 saturated carbocycles. The first kappa shape index (κ1) is 12.8. The van der Waals surface area contributed by atoms with Crippen molar-refractivity contribution in [3.63, 3.8) is 0 Å². The summed E-state index contributed by atoms with van der Waals surface area (Å²) in [6.45, 7) is 0. The van der Waals surface area contributed by atoms with Crippen LogP contribution in [0.15, 0.2) is 48.8 Å². The standard InChI is InChI=1S/C15H10ClFN2O/c16-12-7-10(4-5-13(12)17)8-15(20)11-9-18-19-6-2-1-3-14(11)19/h1-7,9H,8H2. The van der Waals surface area contributed by atoms with Crippen molar-refractivity contribution in [2.75, 3.05) is 0 Å². The third kappa shape index (κ3) is 2.30. The molecule has 0 spiro atoms. The summed E-state index contributed by atoms with van der Waals surface area (Å²) >= 11 is 5.71. The number of ketones is 1. The number of carbonyl (C=O) groups is 1. The molecule has 3 aromatic rings. The first-order valence-corrected chi connectivity index (χ1v) is 6.42. The summed E-state index contributed by atoms with van der Waals surface area (Å²) in [6.07, 6.45) is 3.49. The minimum absolute atomic E-state index is 0.0233. The van der Waals surface area contributed by atoms with Crippen LogP contribution in [0, 0.1) is 5.82 Å². The lowest BCUT2D eigenvalue weighted by atomic mass is 10.0. The van der Waals surface area contributed by atoms with E-state index in [1.165, 1.54) is 12.1 Å². The number of hydrogen-bond donors (Lipinski definition) is 0. The molecule has 5 heteroatoms. The Balaban J connectivity index is 1.91. The van der Waals surface area contributed by atoms with E-state index < -0.39 is 5.82 Å². The first-order valence-electron chi connectivity index (χ1n) is 6.04. The van der Waals surface area contributed by atoms with E-state index in [0.717, 1.165) is 5.52 Å². The SMILES string of the molecule is O=C(Cc1ccc(F)c(Cl)c1)c1cnn2ccccc12. The number of benzene rings is 1. The average Bonchev–Trinajstić information content (AvgIpc) is 2.87. The van der Waals surface area contributed by atoms with E-state index in [9.17, 15) is 9.18 Å². The maximum Gasteiger partial charge on any atom is 0.171 e. The predicted octanol–water partition coefficient (Wildman–Crippen LogP) is 3.55. The van der Waals surface area contributed by atoms with Crippen molar-refractivity contribution in [2.45, 2.75) is 6.42 Å². The lowest BCUT2D eigenvalue weighted by molar-refractivity contribution is 0.0994. The van der Waals surface area contributed by atoms with Crippen LogP contribution in [-0.4, -0.2) is 15.4 Å². The van der Waals surface area contributed by atoms with Crippen LogP contribution >= 0.6 is 11.6 Å². The molecule has 0 radical (unpaired) electrons. The Morgan fingerprint density at radius 1 is 1.30 bits per heavy atom. The van der Waals surface area contributed by atoms with E-state index in [1.54, 1.807) is 23.0 Å². The summed E-state index contributed by atoms with van der Waals surface area (Å²) in [5, 5.41) is 4.15. The number of hydrogen-bond acceptors (Lipinski definition) is 2. The maximum absolute atomic E-state index is 13.1. The lowest BCUT2D eigenvalue weighted by Crippen LogP contribution is -2.03. The quantitative estimate of drug-likeness (QED) is 0.691. The molecule has 0 bridgehead atoms. The Morgan fingerprint density at radius 3 is 2.95 bits per heavy atom. The highest BCUT2D eigenvalue weighted by atomic mass is 35.5.